The van der Waals surface area contributed by atoms with Crippen LogP contribution in [0.15, 0.2) is 41.3 Å². The minimum atomic E-state index is -1.05. The number of carboxylic acids is 1. The Hall–Kier alpha value is -2.01. The fraction of sp³-hybridized carbons (Fsp3) is 0.143. The summed E-state index contributed by atoms with van der Waals surface area (Å²) in [6.07, 6.45) is 1.93. The molecule has 19 heavy (non-hydrogen) atoms. The first-order valence-corrected chi connectivity index (χ1v) is 6.86. The topological polar surface area (TPSA) is 59.4 Å². The molecule has 0 aliphatic heterocycles. The van der Waals surface area contributed by atoms with Crippen LogP contribution in [0.1, 0.15) is 16.1 Å². The summed E-state index contributed by atoms with van der Waals surface area (Å²) < 4.78 is 5.66. The van der Waals surface area contributed by atoms with E-state index in [0.717, 1.165) is 4.90 Å². The Labute approximate surface area is 115 Å². The molecule has 98 valence electrons. The molecule has 1 heterocycles. The lowest BCUT2D eigenvalue weighted by atomic mass is 10.2. The number of aromatic nitrogens is 1. The number of rotatable bonds is 4. The van der Waals surface area contributed by atoms with Gasteiger partial charge in [-0.15, -0.1) is 11.8 Å². The highest BCUT2D eigenvalue weighted by Crippen LogP contribution is 2.31. The third-order valence-corrected chi connectivity index (χ3v) is 3.28. The average molecular weight is 275 g/mol. The number of thioether (sulfide) groups is 1. The maximum atomic E-state index is 11.2. The van der Waals surface area contributed by atoms with E-state index < -0.39 is 5.97 Å². The highest BCUT2D eigenvalue weighted by atomic mass is 32.2. The predicted molar refractivity (Wildman–Crippen MR) is 74.2 cm³/mol. The van der Waals surface area contributed by atoms with E-state index in [1.807, 2.05) is 24.5 Å². The van der Waals surface area contributed by atoms with Crippen molar-refractivity contribution in [2.45, 2.75) is 11.8 Å². The lowest BCUT2D eigenvalue weighted by molar-refractivity contribution is 0.0693. The van der Waals surface area contributed by atoms with Crippen molar-refractivity contribution in [2.24, 2.45) is 0 Å². The predicted octanol–water partition coefficient (Wildman–Crippen LogP) is 3.60. The van der Waals surface area contributed by atoms with Gasteiger partial charge >= 0.3 is 5.97 Å². The van der Waals surface area contributed by atoms with Crippen molar-refractivity contribution in [2.75, 3.05) is 6.26 Å². The fourth-order valence-corrected chi connectivity index (χ4v) is 2.11. The molecule has 0 saturated carbocycles. The largest absolute Gasteiger partial charge is 0.477 e. The molecule has 0 atom stereocenters. The van der Waals surface area contributed by atoms with Gasteiger partial charge in [0, 0.05) is 10.6 Å². The molecule has 2 rings (SSSR count). The molecule has 0 unspecified atom stereocenters. The number of ether oxygens (including phenoxy) is 1. The summed E-state index contributed by atoms with van der Waals surface area (Å²) in [5.74, 6) is -0.325. The van der Waals surface area contributed by atoms with Gasteiger partial charge in [-0.05, 0) is 37.4 Å². The second-order valence-electron chi connectivity index (χ2n) is 3.86. The summed E-state index contributed by atoms with van der Waals surface area (Å²) in [6.45, 7) is 1.79. The van der Waals surface area contributed by atoms with Gasteiger partial charge in [0.05, 0.1) is 0 Å². The van der Waals surface area contributed by atoms with Crippen molar-refractivity contribution in [3.05, 3.63) is 47.7 Å². The van der Waals surface area contributed by atoms with Crippen LogP contribution in [0.2, 0.25) is 0 Å². The highest BCUT2D eigenvalue weighted by molar-refractivity contribution is 7.98. The van der Waals surface area contributed by atoms with Gasteiger partial charge in [-0.2, -0.15) is 0 Å². The number of pyridine rings is 1. The Bertz CT molecular complexity index is 613. The summed E-state index contributed by atoms with van der Waals surface area (Å²) in [5, 5.41) is 9.14. The number of carbonyl (C=O) groups is 1. The molecule has 1 N–H and O–H groups in total. The first-order valence-electron chi connectivity index (χ1n) is 5.63. The summed E-state index contributed by atoms with van der Waals surface area (Å²) in [4.78, 5) is 16.2. The summed E-state index contributed by atoms with van der Waals surface area (Å²) >= 11 is 1.53. The molecule has 0 radical (unpaired) electrons. The van der Waals surface area contributed by atoms with E-state index in [1.54, 1.807) is 19.1 Å². The molecular formula is C14H13NO3S. The Kier molecular flexibility index (Phi) is 4.06. The van der Waals surface area contributed by atoms with E-state index in [4.69, 9.17) is 9.84 Å². The van der Waals surface area contributed by atoms with Gasteiger partial charge in [0.15, 0.2) is 0 Å². The third kappa shape index (κ3) is 3.06. The van der Waals surface area contributed by atoms with Crippen molar-refractivity contribution in [1.82, 2.24) is 4.98 Å². The van der Waals surface area contributed by atoms with Gasteiger partial charge in [-0.1, -0.05) is 12.1 Å². The van der Waals surface area contributed by atoms with Crippen molar-refractivity contribution in [3.63, 3.8) is 0 Å². The molecule has 0 spiro atoms. The van der Waals surface area contributed by atoms with Crippen LogP contribution in [0.5, 0.6) is 11.6 Å². The van der Waals surface area contributed by atoms with Crippen molar-refractivity contribution in [1.29, 1.82) is 0 Å². The molecule has 1 aromatic heterocycles. The van der Waals surface area contributed by atoms with E-state index in [2.05, 4.69) is 4.98 Å². The Morgan fingerprint density at radius 1 is 1.26 bits per heavy atom. The quantitative estimate of drug-likeness (QED) is 0.864. The van der Waals surface area contributed by atoms with E-state index in [-0.39, 0.29) is 11.4 Å². The second-order valence-corrected chi connectivity index (χ2v) is 4.71. The first-order chi connectivity index (χ1) is 9.11. The van der Waals surface area contributed by atoms with Crippen LogP contribution in [-0.4, -0.2) is 22.3 Å². The van der Waals surface area contributed by atoms with Crippen molar-refractivity contribution >= 4 is 17.7 Å². The number of carboxylic acid groups (broad SMARTS) is 1. The number of para-hydroxylation sites is 1. The highest BCUT2D eigenvalue weighted by Gasteiger charge is 2.15. The van der Waals surface area contributed by atoms with Crippen molar-refractivity contribution < 1.29 is 14.6 Å². The van der Waals surface area contributed by atoms with E-state index in [1.165, 1.54) is 17.8 Å². The first kappa shape index (κ1) is 13.4. The minimum absolute atomic E-state index is 0.0570. The van der Waals surface area contributed by atoms with Gasteiger partial charge in [0.25, 0.3) is 0 Å². The monoisotopic (exact) mass is 275 g/mol. The van der Waals surface area contributed by atoms with Gasteiger partial charge in [-0.3, -0.25) is 0 Å². The molecule has 2 aromatic rings. The van der Waals surface area contributed by atoms with Crippen molar-refractivity contribution in [3.8, 4) is 11.6 Å². The zero-order valence-electron chi connectivity index (χ0n) is 10.6. The molecular weight excluding hydrogens is 262 g/mol. The van der Waals surface area contributed by atoms with Gasteiger partial charge in [-0.25, -0.2) is 9.78 Å². The second kappa shape index (κ2) is 5.75. The molecule has 4 nitrogen and oxygen atoms in total. The number of hydrogen-bond acceptors (Lipinski definition) is 4. The lowest BCUT2D eigenvalue weighted by Gasteiger charge is -2.11. The third-order valence-electron chi connectivity index (χ3n) is 2.51. The van der Waals surface area contributed by atoms with Crippen LogP contribution in [0.3, 0.4) is 0 Å². The van der Waals surface area contributed by atoms with Crippen LogP contribution in [0.25, 0.3) is 0 Å². The maximum absolute atomic E-state index is 11.2. The summed E-state index contributed by atoms with van der Waals surface area (Å²) in [5.41, 5.74) is 0.767. The average Bonchev–Trinajstić information content (AvgIpc) is 2.39. The minimum Gasteiger partial charge on any atom is -0.477 e. The van der Waals surface area contributed by atoms with Crippen LogP contribution in [-0.2, 0) is 0 Å². The normalized spacial score (nSPS) is 10.2. The Balaban J connectivity index is 2.42. The fourth-order valence-electron chi connectivity index (χ4n) is 1.58. The van der Waals surface area contributed by atoms with E-state index in [0.29, 0.717) is 11.4 Å². The van der Waals surface area contributed by atoms with Crippen LogP contribution >= 0.6 is 11.8 Å². The van der Waals surface area contributed by atoms with Crippen LogP contribution in [0, 0.1) is 6.92 Å². The van der Waals surface area contributed by atoms with Crippen LogP contribution < -0.4 is 4.74 Å². The maximum Gasteiger partial charge on any atom is 0.341 e. The summed E-state index contributed by atoms with van der Waals surface area (Å²) in [6, 6.07) is 10.6. The molecule has 0 amide bonds. The molecule has 0 fully saturated rings. The molecule has 5 heteroatoms. The smallest absolute Gasteiger partial charge is 0.341 e. The molecule has 0 aliphatic carbocycles. The number of benzene rings is 1. The number of nitrogens with zero attached hydrogens (tertiary/aromatic N) is 1. The SMILES string of the molecule is CSc1ccccc1Oc1nc(C)ccc1C(=O)O. The Morgan fingerprint density at radius 2 is 2.00 bits per heavy atom. The van der Waals surface area contributed by atoms with E-state index in [9.17, 15) is 4.79 Å². The van der Waals surface area contributed by atoms with Gasteiger partial charge < -0.3 is 9.84 Å². The number of aromatic carboxylic acids is 1. The number of aryl methyl sites for hydroxylation is 1. The standard InChI is InChI=1S/C14H13NO3S/c1-9-7-8-10(14(16)17)13(15-9)18-11-5-3-4-6-12(11)19-2/h3-8H,1-2H3,(H,16,17). The summed E-state index contributed by atoms with van der Waals surface area (Å²) in [7, 11) is 0. The molecule has 1 aromatic carbocycles. The Morgan fingerprint density at radius 3 is 2.68 bits per heavy atom. The van der Waals surface area contributed by atoms with Crippen LogP contribution in [0.4, 0.5) is 0 Å². The lowest BCUT2D eigenvalue weighted by Crippen LogP contribution is -2.03. The molecule has 0 aliphatic rings. The van der Waals surface area contributed by atoms with E-state index >= 15 is 0 Å². The van der Waals surface area contributed by atoms with Gasteiger partial charge in [0.2, 0.25) is 5.88 Å². The molecule has 0 saturated heterocycles. The van der Waals surface area contributed by atoms with Gasteiger partial charge in [0.1, 0.15) is 11.3 Å². The zero-order valence-corrected chi connectivity index (χ0v) is 11.4. The number of hydrogen-bond donors (Lipinski definition) is 1. The zero-order chi connectivity index (χ0) is 13.8. The molecule has 0 bridgehead atoms.